The number of pyridine rings is 1. The summed E-state index contributed by atoms with van der Waals surface area (Å²) in [6, 6.07) is 3.66. The average Bonchev–Trinajstić information content (AvgIpc) is 2.71. The van der Waals surface area contributed by atoms with Gasteiger partial charge >= 0.3 is 18.5 Å². The third-order valence-electron chi connectivity index (χ3n) is 5.06. The Bertz CT molecular complexity index is 1040. The fourth-order valence-corrected chi connectivity index (χ4v) is 3.53. The normalized spacial score (nSPS) is 20.4. The van der Waals surface area contributed by atoms with E-state index in [0.717, 1.165) is 12.3 Å². The van der Waals surface area contributed by atoms with Crippen LogP contribution in [0.15, 0.2) is 30.5 Å². The molecule has 34 heavy (non-hydrogen) atoms. The Labute approximate surface area is 186 Å². The predicted octanol–water partition coefficient (Wildman–Crippen LogP) is 6.62. The van der Waals surface area contributed by atoms with E-state index in [0.29, 0.717) is 18.2 Å². The van der Waals surface area contributed by atoms with Gasteiger partial charge in [0.2, 0.25) is 0 Å². The summed E-state index contributed by atoms with van der Waals surface area (Å²) in [7, 11) is 0. The van der Waals surface area contributed by atoms with Crippen molar-refractivity contribution in [1.29, 1.82) is 5.26 Å². The molecule has 1 saturated heterocycles. The molecule has 0 amide bonds. The van der Waals surface area contributed by atoms with Gasteiger partial charge in [-0.25, -0.2) is 0 Å². The molecule has 1 aliphatic rings. The quantitative estimate of drug-likeness (QED) is 0.437. The lowest BCUT2D eigenvalue weighted by Gasteiger charge is -2.29. The Morgan fingerprint density at radius 2 is 1.32 bits per heavy atom. The molecule has 0 bridgehead atoms. The fourth-order valence-electron chi connectivity index (χ4n) is 3.53. The van der Waals surface area contributed by atoms with Crippen LogP contribution in [0.4, 0.5) is 39.5 Å². The lowest BCUT2D eigenvalue weighted by Crippen LogP contribution is -2.21. The summed E-state index contributed by atoms with van der Waals surface area (Å²) in [5.74, 6) is 0. The van der Waals surface area contributed by atoms with Crippen LogP contribution in [0.1, 0.15) is 58.6 Å². The molecule has 0 saturated carbocycles. The van der Waals surface area contributed by atoms with Gasteiger partial charge in [0.1, 0.15) is 11.8 Å². The number of nitriles is 1. The zero-order valence-electron chi connectivity index (χ0n) is 17.0. The lowest BCUT2D eigenvalue weighted by atomic mass is 9.92. The van der Waals surface area contributed by atoms with Crippen molar-refractivity contribution in [3.63, 3.8) is 0 Å². The van der Waals surface area contributed by atoms with Crippen LogP contribution in [0.25, 0.3) is 0 Å². The summed E-state index contributed by atoms with van der Waals surface area (Å²) < 4.78 is 131. The van der Waals surface area contributed by atoms with E-state index in [2.05, 4.69) is 4.98 Å². The topological polar surface area (TPSA) is 55.1 Å². The fraction of sp³-hybridized carbons (Fsp3) is 0.429. The Kier molecular flexibility index (Phi) is 7.14. The highest BCUT2D eigenvalue weighted by molar-refractivity contribution is 5.50. The van der Waals surface area contributed by atoms with Crippen LogP contribution in [0.2, 0.25) is 0 Å². The Hall–Kier alpha value is -2.85. The van der Waals surface area contributed by atoms with Crippen molar-refractivity contribution in [3.8, 4) is 6.07 Å². The molecule has 2 aromatic rings. The van der Waals surface area contributed by atoms with Crippen molar-refractivity contribution >= 4 is 0 Å². The van der Waals surface area contributed by atoms with Gasteiger partial charge in [0.05, 0.1) is 28.9 Å². The summed E-state index contributed by atoms with van der Waals surface area (Å²) in [5, 5.41) is 8.99. The molecule has 1 fully saturated rings. The molecule has 0 N–H and O–H groups in total. The van der Waals surface area contributed by atoms with Crippen LogP contribution >= 0.6 is 0 Å². The zero-order chi connectivity index (χ0) is 25.3. The maximum absolute atomic E-state index is 13.5. The van der Waals surface area contributed by atoms with E-state index in [1.807, 2.05) is 0 Å². The minimum atomic E-state index is -5.27. The Balaban J connectivity index is 2.08. The summed E-state index contributed by atoms with van der Waals surface area (Å²) >= 11 is 0. The van der Waals surface area contributed by atoms with Crippen molar-refractivity contribution in [2.75, 3.05) is 13.2 Å². The number of hydrogen-bond acceptors (Lipinski definition) is 4. The largest absolute Gasteiger partial charge is 0.433 e. The van der Waals surface area contributed by atoms with E-state index in [1.165, 1.54) is 6.07 Å². The first-order valence-electron chi connectivity index (χ1n) is 9.70. The van der Waals surface area contributed by atoms with Gasteiger partial charge in [0.25, 0.3) is 0 Å². The van der Waals surface area contributed by atoms with Crippen molar-refractivity contribution < 1.29 is 49.0 Å². The maximum atomic E-state index is 13.5. The third kappa shape index (κ3) is 5.79. The number of alkyl halides is 9. The van der Waals surface area contributed by atoms with Crippen LogP contribution in [0.5, 0.6) is 0 Å². The van der Waals surface area contributed by atoms with E-state index in [1.54, 1.807) is 0 Å². The highest BCUT2D eigenvalue weighted by Gasteiger charge is 2.42. The molecule has 0 radical (unpaired) electrons. The predicted molar refractivity (Wildman–Crippen MR) is 97.0 cm³/mol. The second-order valence-electron chi connectivity index (χ2n) is 7.38. The van der Waals surface area contributed by atoms with Gasteiger partial charge in [-0.05, 0) is 41.8 Å². The molecule has 184 valence electrons. The van der Waals surface area contributed by atoms with Crippen molar-refractivity contribution in [3.05, 3.63) is 64.0 Å². The minimum absolute atomic E-state index is 0.0152. The lowest BCUT2D eigenvalue weighted by molar-refractivity contribution is -0.144. The molecule has 2 atom stereocenters. The molecule has 4 nitrogen and oxygen atoms in total. The molecule has 0 spiro atoms. The summed E-state index contributed by atoms with van der Waals surface area (Å²) in [5.41, 5.74) is -6.92. The van der Waals surface area contributed by atoms with Gasteiger partial charge in [-0.1, -0.05) is 0 Å². The molecular formula is C21H15F9N2O2. The van der Waals surface area contributed by atoms with Gasteiger partial charge in [-0.3, -0.25) is 4.98 Å². The molecule has 1 aromatic carbocycles. The van der Waals surface area contributed by atoms with E-state index in [-0.39, 0.29) is 31.6 Å². The summed E-state index contributed by atoms with van der Waals surface area (Å²) in [6.07, 6.45) is -17.1. The second-order valence-corrected chi connectivity index (χ2v) is 7.38. The van der Waals surface area contributed by atoms with Crippen LogP contribution in [0.3, 0.4) is 0 Å². The van der Waals surface area contributed by atoms with Crippen molar-refractivity contribution in [1.82, 2.24) is 4.98 Å². The minimum Gasteiger partial charge on any atom is -0.373 e. The highest BCUT2D eigenvalue weighted by atomic mass is 19.4. The van der Waals surface area contributed by atoms with Gasteiger partial charge in [-0.15, -0.1) is 0 Å². The van der Waals surface area contributed by atoms with Gasteiger partial charge < -0.3 is 9.47 Å². The Morgan fingerprint density at radius 1 is 0.794 bits per heavy atom. The number of benzene rings is 1. The summed E-state index contributed by atoms with van der Waals surface area (Å²) in [4.78, 5) is 3.23. The number of aromatic nitrogens is 1. The first-order chi connectivity index (χ1) is 15.7. The number of hydrogen-bond donors (Lipinski definition) is 0. The molecule has 1 aromatic heterocycles. The van der Waals surface area contributed by atoms with E-state index in [9.17, 15) is 39.5 Å². The Morgan fingerprint density at radius 3 is 1.79 bits per heavy atom. The number of nitrogens with zero attached hydrogens (tertiary/aromatic N) is 2. The third-order valence-corrected chi connectivity index (χ3v) is 5.06. The first kappa shape index (κ1) is 25.8. The monoisotopic (exact) mass is 498 g/mol. The number of rotatable bonds is 2. The zero-order valence-corrected chi connectivity index (χ0v) is 17.0. The van der Waals surface area contributed by atoms with E-state index in [4.69, 9.17) is 14.7 Å². The smallest absolute Gasteiger partial charge is 0.373 e. The molecule has 3 rings (SSSR count). The van der Waals surface area contributed by atoms with Crippen molar-refractivity contribution in [2.24, 2.45) is 0 Å². The van der Waals surface area contributed by atoms with Gasteiger partial charge in [0.15, 0.2) is 0 Å². The van der Waals surface area contributed by atoms with Crippen LogP contribution in [-0.2, 0) is 28.0 Å². The van der Waals surface area contributed by atoms with E-state index >= 15 is 0 Å². The van der Waals surface area contributed by atoms with Crippen molar-refractivity contribution in [2.45, 2.75) is 43.6 Å². The van der Waals surface area contributed by atoms with Crippen LogP contribution in [0, 0.1) is 11.3 Å². The van der Waals surface area contributed by atoms with Crippen LogP contribution < -0.4 is 0 Å². The molecule has 2 heterocycles. The SMILES string of the molecule is N#Cc1c(C(F)(F)F)cc(C2CC(c3ccnc(C(F)(F)F)c3)OCCCO2)cc1C(F)(F)F. The van der Waals surface area contributed by atoms with Crippen LogP contribution in [-0.4, -0.2) is 18.2 Å². The molecule has 2 unspecified atom stereocenters. The second kappa shape index (κ2) is 9.42. The molecule has 0 aliphatic carbocycles. The number of ether oxygens (including phenoxy) is 2. The average molecular weight is 498 g/mol. The number of halogens is 9. The molecule has 13 heteroatoms. The first-order valence-corrected chi connectivity index (χ1v) is 9.70. The maximum Gasteiger partial charge on any atom is 0.433 e. The van der Waals surface area contributed by atoms with E-state index < -0.39 is 58.7 Å². The highest BCUT2D eigenvalue weighted by Crippen LogP contribution is 2.43. The summed E-state index contributed by atoms with van der Waals surface area (Å²) in [6.45, 7) is -0.0414. The molecule has 1 aliphatic heterocycles. The van der Waals surface area contributed by atoms with Gasteiger partial charge in [-0.2, -0.15) is 44.8 Å². The van der Waals surface area contributed by atoms with Gasteiger partial charge in [0, 0.05) is 25.8 Å². The standard InChI is InChI=1S/C21H15F9N2O2/c22-19(23,24)14-6-12(7-15(13(14)10-31)20(25,26)27)17-9-16(33-4-1-5-34-17)11-2-3-32-18(8-11)21(28,29)30/h2-3,6-8,16-17H,1,4-5,9H2. The molecular weight excluding hydrogens is 483 g/mol.